The standard InChI is InChI=1S/C8H17NO/c1-5-6-9-7(2)8(3,4)10/h10H,5-6H2,1-4H3. The van der Waals surface area contributed by atoms with E-state index in [1.165, 1.54) is 0 Å². The molecule has 0 spiro atoms. The van der Waals surface area contributed by atoms with Gasteiger partial charge in [0.05, 0.1) is 5.60 Å². The van der Waals surface area contributed by atoms with Crippen LogP contribution in [0.3, 0.4) is 0 Å². The van der Waals surface area contributed by atoms with Crippen LogP contribution in [0.1, 0.15) is 34.1 Å². The van der Waals surface area contributed by atoms with Gasteiger partial charge in [0.15, 0.2) is 0 Å². The van der Waals surface area contributed by atoms with Crippen LogP contribution in [0.5, 0.6) is 0 Å². The van der Waals surface area contributed by atoms with Crippen LogP contribution < -0.4 is 0 Å². The maximum absolute atomic E-state index is 9.38. The number of aliphatic hydroxyl groups is 1. The van der Waals surface area contributed by atoms with Crippen molar-refractivity contribution in [3.05, 3.63) is 0 Å². The Balaban J connectivity index is 3.93. The maximum Gasteiger partial charge on any atom is 0.0963 e. The summed E-state index contributed by atoms with van der Waals surface area (Å²) in [7, 11) is 0. The van der Waals surface area contributed by atoms with Crippen LogP contribution in [0.15, 0.2) is 4.99 Å². The molecular weight excluding hydrogens is 126 g/mol. The highest BCUT2D eigenvalue weighted by Crippen LogP contribution is 2.03. The number of hydrogen-bond donors (Lipinski definition) is 1. The summed E-state index contributed by atoms with van der Waals surface area (Å²) in [5.41, 5.74) is 0.0733. The molecule has 0 radical (unpaired) electrons. The van der Waals surface area contributed by atoms with Gasteiger partial charge in [-0.1, -0.05) is 6.92 Å². The summed E-state index contributed by atoms with van der Waals surface area (Å²) >= 11 is 0. The van der Waals surface area contributed by atoms with Crippen molar-refractivity contribution >= 4 is 5.71 Å². The quantitative estimate of drug-likeness (QED) is 0.598. The molecule has 0 rings (SSSR count). The Morgan fingerprint density at radius 1 is 1.50 bits per heavy atom. The second-order valence-corrected chi connectivity index (χ2v) is 3.03. The van der Waals surface area contributed by atoms with E-state index in [-0.39, 0.29) is 0 Å². The fraction of sp³-hybridized carbons (Fsp3) is 0.875. The molecule has 0 unspecified atom stereocenters. The van der Waals surface area contributed by atoms with Gasteiger partial charge in [-0.15, -0.1) is 0 Å². The van der Waals surface area contributed by atoms with E-state index >= 15 is 0 Å². The molecule has 0 heterocycles. The molecule has 0 fully saturated rings. The first-order valence-corrected chi connectivity index (χ1v) is 3.72. The van der Waals surface area contributed by atoms with Crippen molar-refractivity contribution in [2.24, 2.45) is 4.99 Å². The highest BCUT2D eigenvalue weighted by Gasteiger charge is 2.15. The predicted octanol–water partition coefficient (Wildman–Crippen LogP) is 1.63. The molecule has 2 nitrogen and oxygen atoms in total. The van der Waals surface area contributed by atoms with Crippen LogP contribution in [0.4, 0.5) is 0 Å². The average Bonchev–Trinajstić information content (AvgIpc) is 1.80. The van der Waals surface area contributed by atoms with Gasteiger partial charge in [0.25, 0.3) is 0 Å². The van der Waals surface area contributed by atoms with Crippen LogP contribution in [0.25, 0.3) is 0 Å². The van der Waals surface area contributed by atoms with E-state index in [0.29, 0.717) is 0 Å². The van der Waals surface area contributed by atoms with E-state index in [4.69, 9.17) is 0 Å². The molecule has 60 valence electrons. The smallest absolute Gasteiger partial charge is 0.0963 e. The molecule has 0 aromatic heterocycles. The van der Waals surface area contributed by atoms with Crippen molar-refractivity contribution in [2.75, 3.05) is 6.54 Å². The lowest BCUT2D eigenvalue weighted by molar-refractivity contribution is 0.153. The Hall–Kier alpha value is -0.370. The third-order valence-electron chi connectivity index (χ3n) is 1.46. The molecule has 0 aromatic rings. The molecule has 0 aliphatic heterocycles. The molecule has 2 heteroatoms. The number of rotatable bonds is 3. The summed E-state index contributed by atoms with van der Waals surface area (Å²) in [5.74, 6) is 0. The summed E-state index contributed by atoms with van der Waals surface area (Å²) in [6.45, 7) is 8.25. The lowest BCUT2D eigenvalue weighted by atomic mass is 10.1. The monoisotopic (exact) mass is 143 g/mol. The molecule has 1 N–H and O–H groups in total. The molecule has 0 bridgehead atoms. The van der Waals surface area contributed by atoms with Crippen molar-refractivity contribution in [3.63, 3.8) is 0 Å². The summed E-state index contributed by atoms with van der Waals surface area (Å²) in [6, 6.07) is 0. The molecule has 0 saturated heterocycles. The van der Waals surface area contributed by atoms with Crippen LogP contribution in [0.2, 0.25) is 0 Å². The van der Waals surface area contributed by atoms with Gasteiger partial charge in [-0.3, -0.25) is 4.99 Å². The third-order valence-corrected chi connectivity index (χ3v) is 1.46. The third kappa shape index (κ3) is 3.62. The van der Waals surface area contributed by atoms with Crippen LogP contribution in [-0.4, -0.2) is 23.0 Å². The molecule has 0 aromatic carbocycles. The number of hydrogen-bond acceptors (Lipinski definition) is 2. The van der Waals surface area contributed by atoms with Crippen molar-refractivity contribution in [3.8, 4) is 0 Å². The first-order valence-electron chi connectivity index (χ1n) is 3.72. The Morgan fingerprint density at radius 3 is 2.30 bits per heavy atom. The Kier molecular flexibility index (Phi) is 3.58. The topological polar surface area (TPSA) is 32.6 Å². The van der Waals surface area contributed by atoms with E-state index < -0.39 is 5.60 Å². The van der Waals surface area contributed by atoms with Crippen molar-refractivity contribution in [1.29, 1.82) is 0 Å². The van der Waals surface area contributed by atoms with E-state index in [1.807, 2.05) is 6.92 Å². The second-order valence-electron chi connectivity index (χ2n) is 3.03. The zero-order valence-corrected chi connectivity index (χ0v) is 7.31. The van der Waals surface area contributed by atoms with Crippen LogP contribution in [0, 0.1) is 0 Å². The fourth-order valence-corrected chi connectivity index (χ4v) is 0.473. The highest BCUT2D eigenvalue weighted by molar-refractivity contribution is 5.89. The van der Waals surface area contributed by atoms with E-state index in [1.54, 1.807) is 13.8 Å². The minimum Gasteiger partial charge on any atom is -0.385 e. The lowest BCUT2D eigenvalue weighted by Gasteiger charge is -2.16. The predicted molar refractivity (Wildman–Crippen MR) is 44.6 cm³/mol. The molecule has 0 aliphatic rings. The average molecular weight is 143 g/mol. The summed E-state index contributed by atoms with van der Waals surface area (Å²) < 4.78 is 0. The van der Waals surface area contributed by atoms with E-state index in [2.05, 4.69) is 11.9 Å². The Bertz CT molecular complexity index is 122. The van der Waals surface area contributed by atoms with Crippen molar-refractivity contribution in [1.82, 2.24) is 0 Å². The van der Waals surface area contributed by atoms with Gasteiger partial charge in [-0.25, -0.2) is 0 Å². The molecule has 0 aliphatic carbocycles. The summed E-state index contributed by atoms with van der Waals surface area (Å²) in [6.07, 6.45) is 1.04. The molecule has 0 atom stereocenters. The largest absolute Gasteiger partial charge is 0.385 e. The summed E-state index contributed by atoms with van der Waals surface area (Å²) in [4.78, 5) is 4.18. The Labute approximate surface area is 63.0 Å². The molecule has 0 saturated carbocycles. The minimum absolute atomic E-state index is 0.741. The Morgan fingerprint density at radius 2 is 2.00 bits per heavy atom. The van der Waals surface area contributed by atoms with Crippen molar-refractivity contribution < 1.29 is 5.11 Å². The second kappa shape index (κ2) is 3.71. The minimum atomic E-state index is -0.741. The maximum atomic E-state index is 9.38. The van der Waals surface area contributed by atoms with Crippen LogP contribution in [-0.2, 0) is 0 Å². The van der Waals surface area contributed by atoms with Gasteiger partial charge in [-0.2, -0.15) is 0 Å². The number of nitrogens with zero attached hydrogens (tertiary/aromatic N) is 1. The van der Waals surface area contributed by atoms with Crippen LogP contribution >= 0.6 is 0 Å². The lowest BCUT2D eigenvalue weighted by Crippen LogP contribution is -2.28. The zero-order valence-electron chi connectivity index (χ0n) is 7.31. The first kappa shape index (κ1) is 9.63. The van der Waals surface area contributed by atoms with Gasteiger partial charge in [0, 0.05) is 12.3 Å². The first-order chi connectivity index (χ1) is 4.48. The van der Waals surface area contributed by atoms with Gasteiger partial charge >= 0.3 is 0 Å². The molecule has 10 heavy (non-hydrogen) atoms. The molecular formula is C8H17NO. The van der Waals surface area contributed by atoms with E-state index in [0.717, 1.165) is 18.7 Å². The molecule has 0 amide bonds. The van der Waals surface area contributed by atoms with E-state index in [9.17, 15) is 5.11 Å². The van der Waals surface area contributed by atoms with Gasteiger partial charge in [0.2, 0.25) is 0 Å². The van der Waals surface area contributed by atoms with Gasteiger partial charge < -0.3 is 5.11 Å². The number of aliphatic imine (C=N–C) groups is 1. The van der Waals surface area contributed by atoms with Gasteiger partial charge in [0.1, 0.15) is 0 Å². The normalized spacial score (nSPS) is 13.9. The SMILES string of the molecule is CCCN=C(C)C(C)(C)O. The highest BCUT2D eigenvalue weighted by atomic mass is 16.3. The summed E-state index contributed by atoms with van der Waals surface area (Å²) in [5, 5.41) is 9.38. The fourth-order valence-electron chi connectivity index (χ4n) is 0.473. The van der Waals surface area contributed by atoms with Gasteiger partial charge in [-0.05, 0) is 27.2 Å². The zero-order chi connectivity index (χ0) is 8.20. The van der Waals surface area contributed by atoms with Crippen molar-refractivity contribution in [2.45, 2.75) is 39.7 Å².